The summed E-state index contributed by atoms with van der Waals surface area (Å²) in [5.74, 6) is 1.81. The molecule has 106 valence electrons. The van der Waals surface area contributed by atoms with Crippen LogP contribution < -0.4 is 9.47 Å². The van der Waals surface area contributed by atoms with Crippen LogP contribution in [0.25, 0.3) is 0 Å². The number of carbonyl (C=O) groups is 1. The van der Waals surface area contributed by atoms with Gasteiger partial charge < -0.3 is 9.47 Å². The van der Waals surface area contributed by atoms with Gasteiger partial charge in [-0.2, -0.15) is 0 Å². The molecule has 0 saturated heterocycles. The number of ether oxygens (including phenoxy) is 2. The van der Waals surface area contributed by atoms with Gasteiger partial charge in [0.05, 0.1) is 13.7 Å². The molecule has 1 atom stereocenters. The molecule has 1 aromatic carbocycles. The zero-order valence-corrected chi connectivity index (χ0v) is 13.3. The highest BCUT2D eigenvalue weighted by molar-refractivity contribution is 9.09. The first kappa shape index (κ1) is 16.0. The predicted molar refractivity (Wildman–Crippen MR) is 80.7 cm³/mol. The fraction of sp³-hybridized carbons (Fsp3) is 0.533. The van der Waals surface area contributed by atoms with E-state index < -0.39 is 0 Å². The van der Waals surface area contributed by atoms with Crippen molar-refractivity contribution in [3.63, 3.8) is 0 Å². The van der Waals surface area contributed by atoms with Gasteiger partial charge in [0, 0.05) is 16.8 Å². The van der Waals surface area contributed by atoms with E-state index in [2.05, 4.69) is 22.9 Å². The maximum Gasteiger partial charge on any atom is 0.161 e. The van der Waals surface area contributed by atoms with Gasteiger partial charge in [-0.3, -0.25) is 4.79 Å². The van der Waals surface area contributed by atoms with E-state index in [-0.39, 0.29) is 5.78 Å². The molecule has 0 aliphatic heterocycles. The van der Waals surface area contributed by atoms with Crippen LogP contribution in [-0.2, 0) is 0 Å². The fourth-order valence-electron chi connectivity index (χ4n) is 1.83. The van der Waals surface area contributed by atoms with Crippen molar-refractivity contribution >= 4 is 21.7 Å². The predicted octanol–water partition coefficient (Wildman–Crippen LogP) is 4.09. The molecular formula is C15H21BrO3. The average molecular weight is 329 g/mol. The second-order valence-corrected chi connectivity index (χ2v) is 5.19. The summed E-state index contributed by atoms with van der Waals surface area (Å²) in [5.41, 5.74) is 0.634. The van der Waals surface area contributed by atoms with Crippen molar-refractivity contribution in [1.29, 1.82) is 0 Å². The third-order valence-electron chi connectivity index (χ3n) is 2.96. The summed E-state index contributed by atoms with van der Waals surface area (Å²) in [7, 11) is 1.58. The molecule has 4 heteroatoms. The van der Waals surface area contributed by atoms with Gasteiger partial charge in [0.25, 0.3) is 0 Å². The number of methoxy groups -OCH3 is 1. The summed E-state index contributed by atoms with van der Waals surface area (Å²) in [6.45, 7) is 4.35. The Morgan fingerprint density at radius 3 is 2.63 bits per heavy atom. The summed E-state index contributed by atoms with van der Waals surface area (Å²) in [5, 5.41) is 0.925. The number of ketones is 1. The number of Topliss-reactive ketones (excluding diaryl/α,β-unsaturated/α-hetero) is 1. The second kappa shape index (κ2) is 8.20. The summed E-state index contributed by atoms with van der Waals surface area (Å²) in [6.07, 6.45) is 2.26. The quantitative estimate of drug-likeness (QED) is 0.532. The molecule has 1 rings (SSSR count). The van der Waals surface area contributed by atoms with Crippen molar-refractivity contribution in [2.75, 3.05) is 19.0 Å². The first-order chi connectivity index (χ1) is 9.12. The standard InChI is InChI=1S/C15H21BrO3/c1-4-5-12(9-16)10-19-14-7-6-13(11(2)17)8-15(14)18-3/h6-8,12H,4-5,9-10H2,1-3H3. The van der Waals surface area contributed by atoms with E-state index in [0.717, 1.165) is 18.2 Å². The Morgan fingerprint density at radius 2 is 2.11 bits per heavy atom. The fourth-order valence-corrected chi connectivity index (χ4v) is 2.34. The third kappa shape index (κ3) is 4.86. The van der Waals surface area contributed by atoms with Crippen molar-refractivity contribution in [3.8, 4) is 11.5 Å². The summed E-state index contributed by atoms with van der Waals surface area (Å²) >= 11 is 3.50. The number of carbonyl (C=O) groups excluding carboxylic acids is 1. The van der Waals surface area contributed by atoms with E-state index in [1.165, 1.54) is 6.92 Å². The van der Waals surface area contributed by atoms with Crippen LogP contribution >= 0.6 is 15.9 Å². The minimum Gasteiger partial charge on any atom is -0.493 e. The third-order valence-corrected chi connectivity index (χ3v) is 3.88. The number of benzene rings is 1. The molecule has 0 fully saturated rings. The molecule has 19 heavy (non-hydrogen) atoms. The van der Waals surface area contributed by atoms with Gasteiger partial charge in [-0.25, -0.2) is 0 Å². The Morgan fingerprint density at radius 1 is 1.37 bits per heavy atom. The SMILES string of the molecule is CCCC(CBr)COc1ccc(C(C)=O)cc1OC. The molecule has 0 aliphatic rings. The van der Waals surface area contributed by atoms with Crippen molar-refractivity contribution in [2.24, 2.45) is 5.92 Å². The van der Waals surface area contributed by atoms with Crippen LogP contribution in [0.15, 0.2) is 18.2 Å². The van der Waals surface area contributed by atoms with Gasteiger partial charge in [-0.15, -0.1) is 0 Å². The van der Waals surface area contributed by atoms with Gasteiger partial charge >= 0.3 is 0 Å². The largest absolute Gasteiger partial charge is 0.493 e. The minimum absolute atomic E-state index is 0.0224. The van der Waals surface area contributed by atoms with Crippen molar-refractivity contribution in [2.45, 2.75) is 26.7 Å². The van der Waals surface area contributed by atoms with Gasteiger partial charge in [0.2, 0.25) is 0 Å². The lowest BCUT2D eigenvalue weighted by Gasteiger charge is -2.16. The molecule has 0 aromatic heterocycles. The van der Waals surface area contributed by atoms with Crippen LogP contribution in [0.1, 0.15) is 37.0 Å². The van der Waals surface area contributed by atoms with Crippen LogP contribution in [-0.4, -0.2) is 24.8 Å². The van der Waals surface area contributed by atoms with Crippen molar-refractivity contribution < 1.29 is 14.3 Å². The molecule has 0 radical (unpaired) electrons. The van der Waals surface area contributed by atoms with Gasteiger partial charge in [0.1, 0.15) is 0 Å². The van der Waals surface area contributed by atoms with Crippen LogP contribution in [0.2, 0.25) is 0 Å². The molecule has 0 spiro atoms. The lowest BCUT2D eigenvalue weighted by Crippen LogP contribution is -2.13. The summed E-state index contributed by atoms with van der Waals surface area (Å²) < 4.78 is 11.1. The van der Waals surface area contributed by atoms with E-state index in [9.17, 15) is 4.79 Å². The number of hydrogen-bond acceptors (Lipinski definition) is 3. The molecule has 0 saturated carbocycles. The lowest BCUT2D eigenvalue weighted by atomic mass is 10.1. The van der Waals surface area contributed by atoms with Gasteiger partial charge in [-0.05, 0) is 31.5 Å². The van der Waals surface area contributed by atoms with E-state index >= 15 is 0 Å². The maximum atomic E-state index is 11.3. The van der Waals surface area contributed by atoms with E-state index in [4.69, 9.17) is 9.47 Å². The number of alkyl halides is 1. The first-order valence-corrected chi connectivity index (χ1v) is 7.62. The van der Waals surface area contributed by atoms with Gasteiger partial charge in [-0.1, -0.05) is 29.3 Å². The Hall–Kier alpha value is -1.03. The molecule has 0 amide bonds. The maximum absolute atomic E-state index is 11.3. The Kier molecular flexibility index (Phi) is 6.92. The van der Waals surface area contributed by atoms with Crippen molar-refractivity contribution in [1.82, 2.24) is 0 Å². The van der Waals surface area contributed by atoms with Crippen LogP contribution in [0, 0.1) is 5.92 Å². The monoisotopic (exact) mass is 328 g/mol. The highest BCUT2D eigenvalue weighted by atomic mass is 79.9. The molecular weight excluding hydrogens is 308 g/mol. The molecule has 0 heterocycles. The van der Waals surface area contributed by atoms with E-state index in [1.54, 1.807) is 25.3 Å². The summed E-state index contributed by atoms with van der Waals surface area (Å²) in [6, 6.07) is 5.29. The van der Waals surface area contributed by atoms with E-state index in [0.29, 0.717) is 29.6 Å². The van der Waals surface area contributed by atoms with Crippen molar-refractivity contribution in [3.05, 3.63) is 23.8 Å². The Bertz CT molecular complexity index is 418. The second-order valence-electron chi connectivity index (χ2n) is 4.54. The smallest absolute Gasteiger partial charge is 0.161 e. The Labute approximate surface area is 123 Å². The molecule has 0 aliphatic carbocycles. The van der Waals surface area contributed by atoms with Crippen LogP contribution in [0.5, 0.6) is 11.5 Å². The molecule has 3 nitrogen and oxygen atoms in total. The highest BCUT2D eigenvalue weighted by Gasteiger charge is 2.11. The zero-order valence-electron chi connectivity index (χ0n) is 11.7. The number of halogens is 1. The topological polar surface area (TPSA) is 35.5 Å². The number of hydrogen-bond donors (Lipinski definition) is 0. The first-order valence-electron chi connectivity index (χ1n) is 6.50. The lowest BCUT2D eigenvalue weighted by molar-refractivity contribution is 0.101. The molecule has 0 bridgehead atoms. The molecule has 1 aromatic rings. The van der Waals surface area contributed by atoms with Crippen LogP contribution in [0.4, 0.5) is 0 Å². The van der Waals surface area contributed by atoms with E-state index in [1.807, 2.05) is 0 Å². The normalized spacial score (nSPS) is 12.0. The van der Waals surface area contributed by atoms with Gasteiger partial charge in [0.15, 0.2) is 17.3 Å². The van der Waals surface area contributed by atoms with Crippen LogP contribution in [0.3, 0.4) is 0 Å². The average Bonchev–Trinajstić information content (AvgIpc) is 2.43. The Balaban J connectivity index is 2.75. The summed E-state index contributed by atoms with van der Waals surface area (Å²) in [4.78, 5) is 11.3. The molecule has 1 unspecified atom stereocenters. The molecule has 0 N–H and O–H groups in total. The minimum atomic E-state index is 0.0224. The zero-order chi connectivity index (χ0) is 14.3. The highest BCUT2D eigenvalue weighted by Crippen LogP contribution is 2.29. The number of rotatable bonds is 8.